The SMILES string of the molecule is O=C(O)C=C(CCNS(=O)(=O)c1ccccc1)C(=O)OCCNS(=O)(=O)c1ccccc1. The summed E-state index contributed by atoms with van der Waals surface area (Å²) in [6, 6.07) is 15.1. The van der Waals surface area contributed by atoms with Crippen LogP contribution in [0.25, 0.3) is 0 Å². The van der Waals surface area contributed by atoms with Gasteiger partial charge in [-0.3, -0.25) is 0 Å². The van der Waals surface area contributed by atoms with Crippen LogP contribution in [0.15, 0.2) is 82.1 Å². The molecule has 0 heterocycles. The number of rotatable bonds is 12. The molecule has 3 N–H and O–H groups in total. The summed E-state index contributed by atoms with van der Waals surface area (Å²) in [5, 5.41) is 8.96. The van der Waals surface area contributed by atoms with Crippen molar-refractivity contribution in [2.24, 2.45) is 0 Å². The number of ether oxygens (including phenoxy) is 1. The van der Waals surface area contributed by atoms with Crippen LogP contribution in [-0.4, -0.2) is 53.6 Å². The van der Waals surface area contributed by atoms with Crippen molar-refractivity contribution in [3.05, 3.63) is 72.3 Å². The highest BCUT2D eigenvalue weighted by Gasteiger charge is 2.18. The Kier molecular flexibility index (Phi) is 9.08. The second-order valence-corrected chi connectivity index (χ2v) is 9.85. The van der Waals surface area contributed by atoms with Crippen LogP contribution in [0.2, 0.25) is 0 Å². The Morgan fingerprint density at radius 2 is 1.28 bits per heavy atom. The summed E-state index contributed by atoms with van der Waals surface area (Å²) in [5.41, 5.74) is -0.279. The lowest BCUT2D eigenvalue weighted by molar-refractivity contribution is -0.140. The van der Waals surface area contributed by atoms with E-state index in [0.29, 0.717) is 6.08 Å². The van der Waals surface area contributed by atoms with Crippen molar-refractivity contribution >= 4 is 32.0 Å². The van der Waals surface area contributed by atoms with Crippen LogP contribution >= 0.6 is 0 Å². The summed E-state index contributed by atoms with van der Waals surface area (Å²) in [7, 11) is -7.61. The molecule has 0 amide bonds. The maximum absolute atomic E-state index is 12.2. The molecule has 172 valence electrons. The molecule has 12 heteroatoms. The molecular weight excluding hydrogens is 460 g/mol. The number of nitrogens with one attached hydrogen (secondary N) is 2. The zero-order chi connectivity index (χ0) is 23.6. The van der Waals surface area contributed by atoms with Crippen molar-refractivity contribution < 1.29 is 36.3 Å². The van der Waals surface area contributed by atoms with Gasteiger partial charge in [-0.05, 0) is 30.7 Å². The smallest absolute Gasteiger partial charge is 0.334 e. The van der Waals surface area contributed by atoms with Gasteiger partial charge in [0.15, 0.2) is 0 Å². The lowest BCUT2D eigenvalue weighted by Crippen LogP contribution is -2.29. The Hall–Kier alpha value is -3.06. The highest BCUT2D eigenvalue weighted by molar-refractivity contribution is 7.89. The minimum Gasteiger partial charge on any atom is -0.478 e. The van der Waals surface area contributed by atoms with Gasteiger partial charge >= 0.3 is 11.9 Å². The fourth-order valence-corrected chi connectivity index (χ4v) is 4.57. The Morgan fingerprint density at radius 1 is 0.812 bits per heavy atom. The summed E-state index contributed by atoms with van der Waals surface area (Å²) < 4.78 is 58.1. The maximum Gasteiger partial charge on any atom is 0.334 e. The topological polar surface area (TPSA) is 156 Å². The van der Waals surface area contributed by atoms with Crippen LogP contribution in [0.3, 0.4) is 0 Å². The normalized spacial score (nSPS) is 12.3. The van der Waals surface area contributed by atoms with Gasteiger partial charge in [-0.15, -0.1) is 0 Å². The highest BCUT2D eigenvalue weighted by atomic mass is 32.2. The van der Waals surface area contributed by atoms with Crippen LogP contribution in [0.1, 0.15) is 6.42 Å². The van der Waals surface area contributed by atoms with Crippen LogP contribution in [-0.2, 0) is 34.4 Å². The molecule has 0 aromatic heterocycles. The Balaban J connectivity index is 1.88. The summed E-state index contributed by atoms with van der Waals surface area (Å²) in [4.78, 5) is 23.3. The van der Waals surface area contributed by atoms with E-state index < -0.39 is 32.0 Å². The van der Waals surface area contributed by atoms with Crippen molar-refractivity contribution in [2.45, 2.75) is 16.2 Å². The number of benzene rings is 2. The first-order chi connectivity index (χ1) is 15.1. The molecule has 10 nitrogen and oxygen atoms in total. The van der Waals surface area contributed by atoms with Crippen LogP contribution in [0.4, 0.5) is 0 Å². The Morgan fingerprint density at radius 3 is 1.75 bits per heavy atom. The molecule has 2 aromatic rings. The van der Waals surface area contributed by atoms with Gasteiger partial charge in [0.2, 0.25) is 20.0 Å². The average molecular weight is 483 g/mol. The zero-order valence-electron chi connectivity index (χ0n) is 16.8. The average Bonchev–Trinajstić information content (AvgIpc) is 2.77. The number of esters is 1. The number of hydrogen-bond acceptors (Lipinski definition) is 7. The van der Waals surface area contributed by atoms with E-state index in [9.17, 15) is 26.4 Å². The maximum atomic E-state index is 12.2. The summed E-state index contributed by atoms with van der Waals surface area (Å²) in [6.07, 6.45) is 0.375. The van der Waals surface area contributed by atoms with E-state index in [1.807, 2.05) is 0 Å². The van der Waals surface area contributed by atoms with Gasteiger partial charge in [0.1, 0.15) is 6.61 Å². The first-order valence-corrected chi connectivity index (χ1v) is 12.3. The second kappa shape index (κ2) is 11.5. The number of carboxylic acid groups (broad SMARTS) is 1. The van der Waals surface area contributed by atoms with Gasteiger partial charge in [0.25, 0.3) is 0 Å². The number of sulfonamides is 2. The van der Waals surface area contributed by atoms with Gasteiger partial charge in [-0.2, -0.15) is 0 Å². The molecule has 32 heavy (non-hydrogen) atoms. The van der Waals surface area contributed by atoms with E-state index in [2.05, 4.69) is 9.44 Å². The third kappa shape index (κ3) is 7.89. The van der Waals surface area contributed by atoms with Crippen molar-refractivity contribution in [3.63, 3.8) is 0 Å². The van der Waals surface area contributed by atoms with E-state index in [4.69, 9.17) is 9.84 Å². The summed E-state index contributed by atoms with van der Waals surface area (Å²) in [6.45, 7) is -0.826. The quantitative estimate of drug-likeness (QED) is 0.229. The van der Waals surface area contributed by atoms with Gasteiger partial charge in [0, 0.05) is 24.7 Å². The molecule has 0 spiro atoms. The first kappa shape index (κ1) is 25.2. The molecule has 0 fully saturated rings. The van der Waals surface area contributed by atoms with Crippen LogP contribution < -0.4 is 9.44 Å². The zero-order valence-corrected chi connectivity index (χ0v) is 18.4. The third-order valence-electron chi connectivity index (χ3n) is 3.98. The molecular formula is C20H22N2O8S2. The molecule has 2 rings (SSSR count). The van der Waals surface area contributed by atoms with E-state index in [1.165, 1.54) is 24.3 Å². The summed E-state index contributed by atoms with van der Waals surface area (Å²) >= 11 is 0. The molecule has 0 saturated heterocycles. The number of aliphatic carboxylic acids is 1. The molecule has 0 saturated carbocycles. The molecule has 0 unspecified atom stereocenters. The van der Waals surface area contributed by atoms with Gasteiger partial charge in [-0.25, -0.2) is 35.9 Å². The van der Waals surface area contributed by atoms with Crippen LogP contribution in [0, 0.1) is 0 Å². The predicted octanol–water partition coefficient (Wildman–Crippen LogP) is 0.888. The molecule has 0 aliphatic heterocycles. The van der Waals surface area contributed by atoms with E-state index in [0.717, 1.165) is 0 Å². The molecule has 2 aromatic carbocycles. The summed E-state index contributed by atoms with van der Waals surface area (Å²) in [5.74, 6) is -2.40. The molecule has 0 radical (unpaired) electrons. The van der Waals surface area contributed by atoms with Gasteiger partial charge in [-0.1, -0.05) is 36.4 Å². The standard InChI is InChI=1S/C20H22N2O8S2/c23-19(24)15-16(11-12-21-31(26,27)17-7-3-1-4-8-17)20(25)30-14-13-22-32(28,29)18-9-5-2-6-10-18/h1-10,15,21-22H,11-14H2,(H,23,24). The van der Waals surface area contributed by atoms with Gasteiger partial charge < -0.3 is 9.84 Å². The number of carboxylic acids is 1. The molecule has 0 bridgehead atoms. The number of hydrogen-bond donors (Lipinski definition) is 3. The monoisotopic (exact) mass is 482 g/mol. The van der Waals surface area contributed by atoms with Crippen LogP contribution in [0.5, 0.6) is 0 Å². The minimum absolute atomic E-state index is 0.0250. The van der Waals surface area contributed by atoms with Gasteiger partial charge in [0.05, 0.1) is 9.79 Å². The minimum atomic E-state index is -3.83. The molecule has 0 aliphatic carbocycles. The molecule has 0 atom stereocenters. The lowest BCUT2D eigenvalue weighted by atomic mass is 10.2. The number of carbonyl (C=O) groups excluding carboxylic acids is 1. The largest absolute Gasteiger partial charge is 0.478 e. The van der Waals surface area contributed by atoms with E-state index in [1.54, 1.807) is 36.4 Å². The van der Waals surface area contributed by atoms with E-state index >= 15 is 0 Å². The highest BCUT2D eigenvalue weighted by Crippen LogP contribution is 2.10. The predicted molar refractivity (Wildman–Crippen MR) is 115 cm³/mol. The number of carbonyl (C=O) groups is 2. The Bertz CT molecular complexity index is 1160. The first-order valence-electron chi connectivity index (χ1n) is 9.32. The third-order valence-corrected chi connectivity index (χ3v) is 6.93. The van der Waals surface area contributed by atoms with Crippen molar-refractivity contribution in [2.75, 3.05) is 19.7 Å². The molecule has 0 aliphatic rings. The Labute approximate surface area is 186 Å². The fourth-order valence-electron chi connectivity index (χ4n) is 2.48. The lowest BCUT2D eigenvalue weighted by Gasteiger charge is -2.10. The van der Waals surface area contributed by atoms with Crippen molar-refractivity contribution in [1.82, 2.24) is 9.44 Å². The second-order valence-electron chi connectivity index (χ2n) is 6.32. The fraction of sp³-hybridized carbons (Fsp3) is 0.200. The van der Waals surface area contributed by atoms with Crippen molar-refractivity contribution in [1.29, 1.82) is 0 Å². The van der Waals surface area contributed by atoms with Crippen molar-refractivity contribution in [3.8, 4) is 0 Å². The van der Waals surface area contributed by atoms with E-state index in [-0.39, 0.29) is 41.5 Å².